The zero-order valence-electron chi connectivity index (χ0n) is 15.3. The van der Waals surface area contributed by atoms with Crippen LogP contribution in [0.15, 0.2) is 0 Å². The highest BCUT2D eigenvalue weighted by Crippen LogP contribution is 2.22. The molecule has 2 heterocycles. The fourth-order valence-corrected chi connectivity index (χ4v) is 3.57. The molecule has 0 saturated carbocycles. The van der Waals surface area contributed by atoms with E-state index >= 15 is 0 Å². The summed E-state index contributed by atoms with van der Waals surface area (Å²) < 4.78 is 10.9. The van der Waals surface area contributed by atoms with E-state index < -0.39 is 0 Å². The number of hydrogen-bond donors (Lipinski definition) is 1. The summed E-state index contributed by atoms with van der Waals surface area (Å²) in [6.07, 6.45) is 4.37. The van der Waals surface area contributed by atoms with E-state index in [1.807, 2.05) is 0 Å². The Kier molecular flexibility index (Phi) is 7.34. The summed E-state index contributed by atoms with van der Waals surface area (Å²) in [6, 6.07) is 0.0895. The predicted octanol–water partition coefficient (Wildman–Crippen LogP) is 2.56. The smallest absolute Gasteiger partial charge is 0.409 e. The average Bonchev–Trinajstić information content (AvgIpc) is 2.56. The lowest BCUT2D eigenvalue weighted by molar-refractivity contribution is -0.129. The molecule has 6 nitrogen and oxygen atoms in total. The van der Waals surface area contributed by atoms with Gasteiger partial charge in [0, 0.05) is 19.7 Å². The summed E-state index contributed by atoms with van der Waals surface area (Å²) in [5.41, 5.74) is 0. The number of nitrogens with zero attached hydrogens (tertiary/aromatic N) is 1. The van der Waals surface area contributed by atoms with E-state index in [0.717, 1.165) is 38.7 Å². The number of nitrogens with one attached hydrogen (secondary N) is 1. The standard InChI is InChI=1S/C18H32N2O4/c1-4-23-18(22)20-9-5-7-14(12-20)17(21)19-15-8-6-10-24-16(15)11-13(2)3/h13-16H,4-12H2,1-3H3,(H,19,21)/t14-,15+,16-/m0/s1. The van der Waals surface area contributed by atoms with E-state index in [1.54, 1.807) is 11.8 Å². The Morgan fingerprint density at radius 3 is 2.79 bits per heavy atom. The van der Waals surface area contributed by atoms with Crippen molar-refractivity contribution in [2.24, 2.45) is 11.8 Å². The van der Waals surface area contributed by atoms with Crippen LogP contribution in [0.5, 0.6) is 0 Å². The molecule has 1 N–H and O–H groups in total. The Hall–Kier alpha value is -1.30. The van der Waals surface area contributed by atoms with Gasteiger partial charge in [-0.3, -0.25) is 4.79 Å². The average molecular weight is 340 g/mol. The van der Waals surface area contributed by atoms with Gasteiger partial charge in [0.15, 0.2) is 0 Å². The molecule has 138 valence electrons. The molecular weight excluding hydrogens is 308 g/mol. The maximum atomic E-state index is 12.7. The Bertz CT molecular complexity index is 427. The van der Waals surface area contributed by atoms with Gasteiger partial charge >= 0.3 is 6.09 Å². The monoisotopic (exact) mass is 340 g/mol. The third-order valence-corrected chi connectivity index (χ3v) is 4.79. The first kappa shape index (κ1) is 19.0. The third-order valence-electron chi connectivity index (χ3n) is 4.79. The highest BCUT2D eigenvalue weighted by molar-refractivity contribution is 5.80. The van der Waals surface area contributed by atoms with E-state index in [2.05, 4.69) is 19.2 Å². The van der Waals surface area contributed by atoms with E-state index in [1.165, 1.54) is 0 Å². The van der Waals surface area contributed by atoms with Gasteiger partial charge in [0.2, 0.25) is 5.91 Å². The van der Waals surface area contributed by atoms with Crippen LogP contribution >= 0.6 is 0 Å². The van der Waals surface area contributed by atoms with Crippen molar-refractivity contribution in [1.82, 2.24) is 10.2 Å². The van der Waals surface area contributed by atoms with Gasteiger partial charge in [-0.1, -0.05) is 13.8 Å². The molecule has 2 saturated heterocycles. The van der Waals surface area contributed by atoms with Crippen LogP contribution in [-0.4, -0.2) is 55.3 Å². The summed E-state index contributed by atoms with van der Waals surface area (Å²) in [5.74, 6) is 0.444. The van der Waals surface area contributed by atoms with Crippen LogP contribution in [0.25, 0.3) is 0 Å². The van der Waals surface area contributed by atoms with Crippen molar-refractivity contribution in [2.45, 2.75) is 65.0 Å². The van der Waals surface area contributed by atoms with Crippen LogP contribution in [0.2, 0.25) is 0 Å². The Balaban J connectivity index is 1.89. The molecule has 0 bridgehead atoms. The second-order valence-corrected chi connectivity index (χ2v) is 7.28. The van der Waals surface area contributed by atoms with Crippen LogP contribution in [0, 0.1) is 11.8 Å². The summed E-state index contributed by atoms with van der Waals surface area (Å²) in [6.45, 7) is 8.42. The van der Waals surface area contributed by atoms with Crippen molar-refractivity contribution in [3.63, 3.8) is 0 Å². The van der Waals surface area contributed by atoms with Crippen LogP contribution in [0.3, 0.4) is 0 Å². The Morgan fingerprint density at radius 1 is 1.29 bits per heavy atom. The van der Waals surface area contributed by atoms with E-state index in [9.17, 15) is 9.59 Å². The second-order valence-electron chi connectivity index (χ2n) is 7.28. The van der Waals surface area contributed by atoms with E-state index in [0.29, 0.717) is 25.6 Å². The summed E-state index contributed by atoms with van der Waals surface area (Å²) in [4.78, 5) is 26.2. The SMILES string of the molecule is CCOC(=O)N1CCC[C@H](C(=O)N[C@@H]2CCCO[C@H]2CC(C)C)C1. The lowest BCUT2D eigenvalue weighted by atomic mass is 9.92. The van der Waals surface area contributed by atoms with Gasteiger partial charge in [-0.05, 0) is 44.9 Å². The van der Waals surface area contributed by atoms with Gasteiger partial charge in [-0.2, -0.15) is 0 Å². The van der Waals surface area contributed by atoms with Gasteiger partial charge < -0.3 is 19.7 Å². The molecule has 0 aromatic heterocycles. The first-order chi connectivity index (χ1) is 11.5. The number of rotatable bonds is 5. The van der Waals surface area contributed by atoms with E-state index in [4.69, 9.17) is 9.47 Å². The third kappa shape index (κ3) is 5.36. The first-order valence-electron chi connectivity index (χ1n) is 9.35. The van der Waals surface area contributed by atoms with Crippen molar-refractivity contribution in [1.29, 1.82) is 0 Å². The number of piperidine rings is 1. The maximum absolute atomic E-state index is 12.7. The van der Waals surface area contributed by atoms with Crippen molar-refractivity contribution in [2.75, 3.05) is 26.3 Å². The Labute approximate surface area is 145 Å². The number of carbonyl (C=O) groups excluding carboxylic acids is 2. The zero-order chi connectivity index (χ0) is 17.5. The molecule has 2 aliphatic heterocycles. The highest BCUT2D eigenvalue weighted by atomic mass is 16.6. The minimum atomic E-state index is -0.311. The molecule has 0 aromatic rings. The molecule has 6 heteroatoms. The van der Waals surface area contributed by atoms with E-state index in [-0.39, 0.29) is 30.1 Å². The number of carbonyl (C=O) groups is 2. The minimum Gasteiger partial charge on any atom is -0.450 e. The molecule has 0 aliphatic carbocycles. The highest BCUT2D eigenvalue weighted by Gasteiger charge is 2.33. The molecule has 0 unspecified atom stereocenters. The summed E-state index contributed by atoms with van der Waals surface area (Å²) in [5, 5.41) is 3.19. The number of ether oxygens (including phenoxy) is 2. The van der Waals surface area contributed by atoms with Crippen LogP contribution in [0.1, 0.15) is 52.9 Å². The fourth-order valence-electron chi connectivity index (χ4n) is 3.57. The van der Waals surface area contributed by atoms with Crippen molar-refractivity contribution >= 4 is 12.0 Å². The maximum Gasteiger partial charge on any atom is 0.409 e. The fraction of sp³-hybridized carbons (Fsp3) is 0.889. The summed E-state index contributed by atoms with van der Waals surface area (Å²) >= 11 is 0. The molecule has 2 fully saturated rings. The van der Waals surface area contributed by atoms with Gasteiger partial charge in [0.1, 0.15) is 0 Å². The predicted molar refractivity (Wildman–Crippen MR) is 91.7 cm³/mol. The molecule has 0 radical (unpaired) electrons. The molecule has 0 spiro atoms. The zero-order valence-corrected chi connectivity index (χ0v) is 15.3. The second kappa shape index (κ2) is 9.25. The lowest BCUT2D eigenvalue weighted by Gasteiger charge is -2.36. The molecule has 24 heavy (non-hydrogen) atoms. The number of likely N-dealkylation sites (tertiary alicyclic amines) is 1. The summed E-state index contributed by atoms with van der Waals surface area (Å²) in [7, 11) is 0. The largest absolute Gasteiger partial charge is 0.450 e. The molecule has 0 aromatic carbocycles. The van der Waals surface area contributed by atoms with Gasteiger partial charge in [-0.25, -0.2) is 4.79 Å². The minimum absolute atomic E-state index is 0.0493. The normalized spacial score (nSPS) is 27.8. The molecular formula is C18H32N2O4. The molecule has 2 rings (SSSR count). The van der Waals surface area contributed by atoms with Crippen molar-refractivity contribution in [3.8, 4) is 0 Å². The van der Waals surface area contributed by atoms with Crippen LogP contribution < -0.4 is 5.32 Å². The molecule has 3 atom stereocenters. The first-order valence-corrected chi connectivity index (χ1v) is 9.35. The van der Waals surface area contributed by atoms with Gasteiger partial charge in [-0.15, -0.1) is 0 Å². The number of amides is 2. The topological polar surface area (TPSA) is 67.9 Å². The van der Waals surface area contributed by atoms with Crippen molar-refractivity contribution in [3.05, 3.63) is 0 Å². The molecule has 2 amide bonds. The van der Waals surface area contributed by atoms with Crippen molar-refractivity contribution < 1.29 is 19.1 Å². The number of hydrogen-bond acceptors (Lipinski definition) is 4. The van der Waals surface area contributed by atoms with Gasteiger partial charge in [0.05, 0.1) is 24.7 Å². The molecule has 2 aliphatic rings. The van der Waals surface area contributed by atoms with Gasteiger partial charge in [0.25, 0.3) is 0 Å². The van der Waals surface area contributed by atoms with Crippen LogP contribution in [-0.2, 0) is 14.3 Å². The lowest BCUT2D eigenvalue weighted by Crippen LogP contribution is -2.52. The van der Waals surface area contributed by atoms with Crippen LogP contribution in [0.4, 0.5) is 4.79 Å². The quantitative estimate of drug-likeness (QED) is 0.835. The Morgan fingerprint density at radius 2 is 2.08 bits per heavy atom.